The number of Topliss-reactive ketones (excluding diaryl/α,β-unsaturated/α-hetero) is 1. The number of ketones is 1. The average molecular weight is 249 g/mol. The summed E-state index contributed by atoms with van der Waals surface area (Å²) in [6.07, 6.45) is 2.44. The van der Waals surface area contributed by atoms with E-state index in [1.54, 1.807) is 30.0 Å². The molecule has 0 saturated carbocycles. The van der Waals surface area contributed by atoms with Crippen molar-refractivity contribution in [3.63, 3.8) is 0 Å². The largest absolute Gasteiger partial charge is 0.294 e. The van der Waals surface area contributed by atoms with Gasteiger partial charge in [-0.1, -0.05) is 29.3 Å². The van der Waals surface area contributed by atoms with E-state index in [9.17, 15) is 4.79 Å². The van der Waals surface area contributed by atoms with Gasteiger partial charge in [-0.25, -0.2) is 0 Å². The fourth-order valence-corrected chi connectivity index (χ4v) is 2.08. The lowest BCUT2D eigenvalue weighted by atomic mass is 10.1. The maximum absolute atomic E-state index is 11.7. The first-order valence-electron chi connectivity index (χ1n) is 4.13. The van der Waals surface area contributed by atoms with Crippen LogP contribution >= 0.6 is 35.0 Å². The number of rotatable bonds is 4. The molecule has 0 spiro atoms. The highest BCUT2D eigenvalue weighted by Crippen LogP contribution is 2.25. The summed E-state index contributed by atoms with van der Waals surface area (Å²) >= 11 is 13.4. The van der Waals surface area contributed by atoms with Crippen LogP contribution in [-0.4, -0.2) is 17.8 Å². The van der Waals surface area contributed by atoms with Gasteiger partial charge in [0.25, 0.3) is 0 Å². The number of hydrogen-bond donors (Lipinski definition) is 0. The van der Waals surface area contributed by atoms with Crippen LogP contribution in [0.3, 0.4) is 0 Å². The van der Waals surface area contributed by atoms with E-state index in [1.165, 1.54) is 0 Å². The Balaban J connectivity index is 2.89. The molecule has 4 heteroatoms. The number of hydrogen-bond acceptors (Lipinski definition) is 2. The number of carbonyl (C=O) groups is 1. The Kier molecular flexibility index (Phi) is 4.79. The molecule has 0 bridgehead atoms. The summed E-state index contributed by atoms with van der Waals surface area (Å²) < 4.78 is 0. The zero-order valence-electron chi connectivity index (χ0n) is 7.72. The molecule has 0 unspecified atom stereocenters. The molecule has 0 N–H and O–H groups in total. The van der Waals surface area contributed by atoms with Crippen LogP contribution in [0.1, 0.15) is 16.8 Å². The van der Waals surface area contributed by atoms with E-state index in [2.05, 4.69) is 0 Å². The zero-order valence-corrected chi connectivity index (χ0v) is 10.0. The minimum atomic E-state index is 0.00921. The van der Waals surface area contributed by atoms with E-state index in [1.807, 2.05) is 6.26 Å². The minimum Gasteiger partial charge on any atom is -0.294 e. The van der Waals surface area contributed by atoms with E-state index >= 15 is 0 Å². The van der Waals surface area contributed by atoms with Crippen molar-refractivity contribution in [1.29, 1.82) is 0 Å². The Hall–Kier alpha value is -0.180. The molecule has 0 radical (unpaired) electrons. The maximum atomic E-state index is 11.7. The van der Waals surface area contributed by atoms with Crippen LogP contribution in [0.2, 0.25) is 10.0 Å². The second-order valence-electron chi connectivity index (χ2n) is 2.76. The predicted molar refractivity (Wildman–Crippen MR) is 63.8 cm³/mol. The van der Waals surface area contributed by atoms with E-state index in [0.717, 1.165) is 5.75 Å². The Bertz CT molecular complexity index is 319. The summed E-state index contributed by atoms with van der Waals surface area (Å²) in [5.41, 5.74) is 0.449. The van der Waals surface area contributed by atoms with Crippen molar-refractivity contribution >= 4 is 40.7 Å². The van der Waals surface area contributed by atoms with Crippen molar-refractivity contribution < 1.29 is 4.79 Å². The predicted octanol–water partition coefficient (Wildman–Crippen LogP) is 3.93. The molecule has 0 saturated heterocycles. The van der Waals surface area contributed by atoms with Crippen LogP contribution in [0.15, 0.2) is 18.2 Å². The van der Waals surface area contributed by atoms with Crippen LogP contribution in [-0.2, 0) is 0 Å². The van der Waals surface area contributed by atoms with Gasteiger partial charge in [-0.15, -0.1) is 0 Å². The summed E-state index contributed by atoms with van der Waals surface area (Å²) in [6, 6.07) is 5.09. The van der Waals surface area contributed by atoms with Gasteiger partial charge >= 0.3 is 0 Å². The second-order valence-corrected chi connectivity index (χ2v) is 4.56. The smallest absolute Gasteiger partial charge is 0.166 e. The van der Waals surface area contributed by atoms with Gasteiger partial charge in [-0.2, -0.15) is 11.8 Å². The molecule has 0 aromatic heterocycles. The summed E-state index contributed by atoms with van der Waals surface area (Å²) in [5.74, 6) is 0.801. The summed E-state index contributed by atoms with van der Waals surface area (Å²) in [6.45, 7) is 0. The third-order valence-electron chi connectivity index (χ3n) is 1.77. The van der Waals surface area contributed by atoms with Crippen LogP contribution in [0, 0.1) is 0 Å². The first-order valence-corrected chi connectivity index (χ1v) is 6.28. The molecule has 0 heterocycles. The first-order chi connectivity index (χ1) is 6.66. The molecule has 1 aromatic carbocycles. The van der Waals surface area contributed by atoms with Crippen LogP contribution < -0.4 is 0 Å². The maximum Gasteiger partial charge on any atom is 0.166 e. The van der Waals surface area contributed by atoms with E-state index in [-0.39, 0.29) is 5.78 Å². The van der Waals surface area contributed by atoms with Gasteiger partial charge in [0.2, 0.25) is 0 Å². The van der Waals surface area contributed by atoms with E-state index in [4.69, 9.17) is 23.2 Å². The van der Waals surface area contributed by atoms with Crippen molar-refractivity contribution in [3.8, 4) is 0 Å². The standard InChI is InChI=1S/C10H10Cl2OS/c1-14-6-5-9(13)10-7(11)3-2-4-8(10)12/h2-4H,5-6H2,1H3. The molecule has 0 atom stereocenters. The molecular formula is C10H10Cl2OS. The molecule has 14 heavy (non-hydrogen) atoms. The zero-order chi connectivity index (χ0) is 10.6. The fourth-order valence-electron chi connectivity index (χ4n) is 1.08. The topological polar surface area (TPSA) is 17.1 Å². The molecule has 0 aliphatic carbocycles. The minimum absolute atomic E-state index is 0.00921. The second kappa shape index (κ2) is 5.64. The highest BCUT2D eigenvalue weighted by molar-refractivity contribution is 7.98. The van der Waals surface area contributed by atoms with Gasteiger partial charge in [0, 0.05) is 12.2 Å². The van der Waals surface area contributed by atoms with Crippen LogP contribution in [0.25, 0.3) is 0 Å². The lowest BCUT2D eigenvalue weighted by Gasteiger charge is -2.04. The summed E-state index contributed by atoms with van der Waals surface area (Å²) in [5, 5.41) is 0.868. The Morgan fingerprint density at radius 2 is 1.93 bits per heavy atom. The van der Waals surface area contributed by atoms with E-state index < -0.39 is 0 Å². The summed E-state index contributed by atoms with van der Waals surface area (Å²) in [4.78, 5) is 11.7. The Morgan fingerprint density at radius 1 is 1.36 bits per heavy atom. The van der Waals surface area contributed by atoms with Crippen molar-refractivity contribution in [2.45, 2.75) is 6.42 Å². The highest BCUT2D eigenvalue weighted by Gasteiger charge is 2.13. The molecule has 0 aliphatic heterocycles. The number of carbonyl (C=O) groups excluding carboxylic acids is 1. The van der Waals surface area contributed by atoms with Crippen molar-refractivity contribution in [3.05, 3.63) is 33.8 Å². The SMILES string of the molecule is CSCCC(=O)c1c(Cl)cccc1Cl. The molecule has 76 valence electrons. The number of thioether (sulfide) groups is 1. The highest BCUT2D eigenvalue weighted by atomic mass is 35.5. The Labute approximate surface area is 97.8 Å². The van der Waals surface area contributed by atoms with E-state index in [0.29, 0.717) is 22.0 Å². The molecule has 1 aromatic rings. The monoisotopic (exact) mass is 248 g/mol. The summed E-state index contributed by atoms with van der Waals surface area (Å²) in [7, 11) is 0. The van der Waals surface area contributed by atoms with Gasteiger partial charge in [0.15, 0.2) is 5.78 Å². The third-order valence-corrected chi connectivity index (χ3v) is 3.02. The van der Waals surface area contributed by atoms with Gasteiger partial charge in [0.1, 0.15) is 0 Å². The van der Waals surface area contributed by atoms with Crippen molar-refractivity contribution in [2.75, 3.05) is 12.0 Å². The molecule has 0 aliphatic rings. The van der Waals surface area contributed by atoms with Gasteiger partial charge in [-0.05, 0) is 18.4 Å². The van der Waals surface area contributed by atoms with Gasteiger partial charge in [-0.3, -0.25) is 4.79 Å². The molecule has 1 nitrogen and oxygen atoms in total. The number of benzene rings is 1. The van der Waals surface area contributed by atoms with Crippen molar-refractivity contribution in [2.24, 2.45) is 0 Å². The molecule has 0 amide bonds. The third kappa shape index (κ3) is 2.91. The van der Waals surface area contributed by atoms with Crippen molar-refractivity contribution in [1.82, 2.24) is 0 Å². The molecular weight excluding hydrogens is 239 g/mol. The van der Waals surface area contributed by atoms with Crippen LogP contribution in [0.5, 0.6) is 0 Å². The number of halogens is 2. The van der Waals surface area contributed by atoms with Gasteiger partial charge in [0.05, 0.1) is 15.6 Å². The fraction of sp³-hybridized carbons (Fsp3) is 0.300. The Morgan fingerprint density at radius 3 is 2.43 bits per heavy atom. The molecule has 1 rings (SSSR count). The molecule has 0 fully saturated rings. The quantitative estimate of drug-likeness (QED) is 0.752. The van der Waals surface area contributed by atoms with Crippen LogP contribution in [0.4, 0.5) is 0 Å². The lowest BCUT2D eigenvalue weighted by Crippen LogP contribution is -2.02. The first kappa shape index (κ1) is 11.9. The average Bonchev–Trinajstić information content (AvgIpc) is 2.14. The van der Waals surface area contributed by atoms with Gasteiger partial charge < -0.3 is 0 Å². The normalized spacial score (nSPS) is 10.2. The lowest BCUT2D eigenvalue weighted by molar-refractivity contribution is 0.0990.